The van der Waals surface area contributed by atoms with E-state index in [1.165, 1.54) is 16.2 Å². The van der Waals surface area contributed by atoms with Crippen molar-refractivity contribution in [1.82, 2.24) is 9.80 Å². The molecule has 0 radical (unpaired) electrons. The van der Waals surface area contributed by atoms with Gasteiger partial charge in [-0.05, 0) is 29.8 Å². The lowest BCUT2D eigenvalue weighted by atomic mass is 10.1. The van der Waals surface area contributed by atoms with Gasteiger partial charge in [0, 0.05) is 17.0 Å². The van der Waals surface area contributed by atoms with Crippen LogP contribution >= 0.6 is 34.7 Å². The van der Waals surface area contributed by atoms with Gasteiger partial charge >= 0.3 is 0 Å². The third-order valence-electron chi connectivity index (χ3n) is 3.97. The summed E-state index contributed by atoms with van der Waals surface area (Å²) < 4.78 is 0.677. The van der Waals surface area contributed by atoms with Crippen molar-refractivity contribution < 1.29 is 14.4 Å². The number of hydrogen-bond donors (Lipinski definition) is 0. The van der Waals surface area contributed by atoms with Crippen molar-refractivity contribution in [3.63, 3.8) is 0 Å². The first-order chi connectivity index (χ1) is 13.0. The highest BCUT2D eigenvalue weighted by atomic mass is 35.5. The summed E-state index contributed by atoms with van der Waals surface area (Å²) in [6.07, 6.45) is 1.68. The first-order valence-corrected chi connectivity index (χ1v) is 10.4. The van der Waals surface area contributed by atoms with Crippen molar-refractivity contribution >= 4 is 51.8 Å². The van der Waals surface area contributed by atoms with Crippen LogP contribution in [0.2, 0.25) is 4.34 Å². The monoisotopic (exact) mass is 420 g/mol. The fourth-order valence-electron chi connectivity index (χ4n) is 2.70. The van der Waals surface area contributed by atoms with E-state index in [0.29, 0.717) is 23.0 Å². The molecule has 1 fully saturated rings. The Morgan fingerprint density at radius 1 is 1.30 bits per heavy atom. The molecule has 140 valence electrons. The Kier molecular flexibility index (Phi) is 6.36. The summed E-state index contributed by atoms with van der Waals surface area (Å²) in [6, 6.07) is 10.7. The first kappa shape index (κ1) is 19.7. The highest BCUT2D eigenvalue weighted by molar-refractivity contribution is 8.14. The van der Waals surface area contributed by atoms with Crippen LogP contribution in [0.5, 0.6) is 0 Å². The number of imide groups is 1. The van der Waals surface area contributed by atoms with Gasteiger partial charge in [-0.2, -0.15) is 0 Å². The number of rotatable bonds is 7. The Morgan fingerprint density at radius 3 is 2.74 bits per heavy atom. The zero-order chi connectivity index (χ0) is 19.4. The molecule has 3 amide bonds. The molecule has 0 saturated carbocycles. The summed E-state index contributed by atoms with van der Waals surface area (Å²) >= 11 is 8.41. The molecule has 2 heterocycles. The first-order valence-electron chi connectivity index (χ1n) is 8.18. The van der Waals surface area contributed by atoms with Crippen LogP contribution in [-0.2, 0) is 17.9 Å². The van der Waals surface area contributed by atoms with Crippen LogP contribution in [0.4, 0.5) is 4.79 Å². The average molecular weight is 421 g/mol. The average Bonchev–Trinajstić information content (AvgIpc) is 3.21. The maximum atomic E-state index is 13.0. The summed E-state index contributed by atoms with van der Waals surface area (Å²) in [6.45, 7) is 4.74. The molecule has 0 spiro atoms. The van der Waals surface area contributed by atoms with Gasteiger partial charge in [-0.25, -0.2) is 0 Å². The molecule has 8 heteroatoms. The smallest absolute Gasteiger partial charge is 0.289 e. The minimum absolute atomic E-state index is 0.144. The summed E-state index contributed by atoms with van der Waals surface area (Å²) in [5.74, 6) is -0.173. The van der Waals surface area contributed by atoms with E-state index in [4.69, 9.17) is 11.6 Å². The molecule has 2 aromatic rings. The van der Waals surface area contributed by atoms with Crippen molar-refractivity contribution in [2.75, 3.05) is 12.3 Å². The molecule has 5 nitrogen and oxygen atoms in total. The summed E-state index contributed by atoms with van der Waals surface area (Å²) in [5, 5.41) is -0.250. The Hall–Kier alpha value is -2.09. The van der Waals surface area contributed by atoms with Crippen molar-refractivity contribution in [3.05, 3.63) is 69.4 Å². The number of thiophene rings is 1. The second-order valence-corrected chi connectivity index (χ2v) is 8.64. The van der Waals surface area contributed by atoms with Crippen molar-refractivity contribution in [2.45, 2.75) is 13.1 Å². The molecule has 27 heavy (non-hydrogen) atoms. The van der Waals surface area contributed by atoms with Crippen LogP contribution in [0.1, 0.15) is 20.8 Å². The van der Waals surface area contributed by atoms with E-state index < -0.39 is 0 Å². The molecule has 0 N–H and O–H groups in total. The maximum Gasteiger partial charge on any atom is 0.289 e. The minimum atomic E-state index is -0.250. The molecule has 0 unspecified atom stereocenters. The zero-order valence-electron chi connectivity index (χ0n) is 14.4. The van der Waals surface area contributed by atoms with Gasteiger partial charge in [0.1, 0.15) is 0 Å². The number of thioether (sulfide) groups is 1. The van der Waals surface area contributed by atoms with Gasteiger partial charge in [0.2, 0.25) is 5.91 Å². The Labute approximate surface area is 170 Å². The van der Waals surface area contributed by atoms with Gasteiger partial charge in [-0.3, -0.25) is 19.3 Å². The predicted molar refractivity (Wildman–Crippen MR) is 109 cm³/mol. The van der Waals surface area contributed by atoms with E-state index >= 15 is 0 Å². The van der Waals surface area contributed by atoms with Gasteiger partial charge in [0.05, 0.1) is 23.2 Å². The van der Waals surface area contributed by atoms with Crippen LogP contribution in [0.15, 0.2) is 49.1 Å². The van der Waals surface area contributed by atoms with E-state index in [1.54, 1.807) is 41.3 Å². The third kappa shape index (κ3) is 4.80. The molecule has 0 atom stereocenters. The molecule has 1 aliphatic rings. The highest BCUT2D eigenvalue weighted by Gasteiger charge is 2.30. The van der Waals surface area contributed by atoms with Crippen LogP contribution in [-0.4, -0.2) is 39.2 Å². The second-order valence-electron chi connectivity index (χ2n) is 5.92. The molecular formula is C19H17ClN2O3S2. The number of carbonyl (C=O) groups is 3. The van der Waals surface area contributed by atoms with E-state index in [2.05, 4.69) is 6.58 Å². The molecule has 0 bridgehead atoms. The van der Waals surface area contributed by atoms with Crippen LogP contribution < -0.4 is 0 Å². The van der Waals surface area contributed by atoms with Gasteiger partial charge in [0.25, 0.3) is 11.1 Å². The fraction of sp³-hybridized carbons (Fsp3) is 0.211. The molecule has 1 saturated heterocycles. The second kappa shape index (κ2) is 8.73. The lowest BCUT2D eigenvalue weighted by Crippen LogP contribution is -2.31. The maximum absolute atomic E-state index is 13.0. The third-order valence-corrected chi connectivity index (χ3v) is 6.04. The van der Waals surface area contributed by atoms with Crippen molar-refractivity contribution in [3.8, 4) is 0 Å². The van der Waals surface area contributed by atoms with Crippen LogP contribution in [0.25, 0.3) is 0 Å². The Bertz CT molecular complexity index is 881. The van der Waals surface area contributed by atoms with E-state index in [1.807, 2.05) is 6.07 Å². The van der Waals surface area contributed by atoms with Crippen LogP contribution in [0, 0.1) is 0 Å². The zero-order valence-corrected chi connectivity index (χ0v) is 16.8. The highest BCUT2D eigenvalue weighted by Crippen LogP contribution is 2.24. The molecular weight excluding hydrogens is 404 g/mol. The SMILES string of the molecule is C=CCN(Cc1ccc(Cl)s1)C(=O)c1cccc(CN2C(=O)CSC2=O)c1. The van der Waals surface area contributed by atoms with Gasteiger partial charge in [-0.1, -0.05) is 41.6 Å². The number of hydrogen-bond acceptors (Lipinski definition) is 5. The Balaban J connectivity index is 1.77. The number of carbonyl (C=O) groups excluding carboxylic acids is 3. The van der Waals surface area contributed by atoms with E-state index in [0.717, 1.165) is 22.2 Å². The lowest BCUT2D eigenvalue weighted by Gasteiger charge is -2.21. The summed E-state index contributed by atoms with van der Waals surface area (Å²) in [4.78, 5) is 40.4. The lowest BCUT2D eigenvalue weighted by molar-refractivity contribution is -0.125. The standard InChI is InChI=1S/C19H17ClN2O3S2/c1-2-8-21(11-15-6-7-16(20)27-15)18(24)14-5-3-4-13(9-14)10-22-17(23)12-26-19(22)25/h2-7,9H,1,8,10-12H2. The topological polar surface area (TPSA) is 57.7 Å². The minimum Gasteiger partial charge on any atom is -0.330 e. The number of halogens is 1. The number of amides is 3. The Morgan fingerprint density at radius 2 is 2.11 bits per heavy atom. The molecule has 1 aromatic heterocycles. The molecule has 0 aliphatic carbocycles. The quantitative estimate of drug-likeness (QED) is 0.622. The van der Waals surface area contributed by atoms with Gasteiger partial charge in [-0.15, -0.1) is 17.9 Å². The molecule has 1 aromatic carbocycles. The molecule has 3 rings (SSSR count). The summed E-state index contributed by atoms with van der Waals surface area (Å²) in [5.41, 5.74) is 1.24. The largest absolute Gasteiger partial charge is 0.330 e. The van der Waals surface area contributed by atoms with Gasteiger partial charge in [0.15, 0.2) is 0 Å². The number of nitrogens with zero attached hydrogens (tertiary/aromatic N) is 2. The fourth-order valence-corrected chi connectivity index (χ4v) is 4.53. The molecule has 1 aliphatic heterocycles. The van der Waals surface area contributed by atoms with E-state index in [9.17, 15) is 14.4 Å². The predicted octanol–water partition coefficient (Wildman–Crippen LogP) is 4.43. The normalized spacial score (nSPS) is 13.9. The van der Waals surface area contributed by atoms with Crippen molar-refractivity contribution in [1.29, 1.82) is 0 Å². The number of benzene rings is 1. The van der Waals surface area contributed by atoms with Crippen molar-refractivity contribution in [2.24, 2.45) is 0 Å². The summed E-state index contributed by atoms with van der Waals surface area (Å²) in [7, 11) is 0. The van der Waals surface area contributed by atoms with E-state index in [-0.39, 0.29) is 29.4 Å². The van der Waals surface area contributed by atoms with Crippen LogP contribution in [0.3, 0.4) is 0 Å². The van der Waals surface area contributed by atoms with Gasteiger partial charge < -0.3 is 4.90 Å².